The molecule has 0 bridgehead atoms. The molecule has 0 unspecified atom stereocenters. The van der Waals surface area contributed by atoms with Crippen molar-refractivity contribution in [2.45, 2.75) is 38.0 Å². The summed E-state index contributed by atoms with van der Waals surface area (Å²) in [6, 6.07) is 0. The number of hydrogen-bond donors (Lipinski definition) is 2. The van der Waals surface area contributed by atoms with Crippen LogP contribution < -0.4 is 10.6 Å². The third-order valence-corrected chi connectivity index (χ3v) is 4.40. The van der Waals surface area contributed by atoms with Gasteiger partial charge in [0.15, 0.2) is 0 Å². The maximum absolute atomic E-state index is 12.2. The summed E-state index contributed by atoms with van der Waals surface area (Å²) < 4.78 is 11.4. The number of piperazine rings is 1. The first kappa shape index (κ1) is 14.1. The lowest BCUT2D eigenvalue weighted by molar-refractivity contribution is 0.0207. The second-order valence-corrected chi connectivity index (χ2v) is 7.10. The Kier molecular flexibility index (Phi) is 3.43. The highest BCUT2D eigenvalue weighted by Crippen LogP contribution is 2.37. The van der Waals surface area contributed by atoms with E-state index in [4.69, 9.17) is 9.47 Å². The maximum Gasteiger partial charge on any atom is 0.410 e. The Morgan fingerprint density at radius 2 is 2.15 bits per heavy atom. The number of likely N-dealkylation sites (tertiary alicyclic amines) is 1. The molecule has 6 nitrogen and oxygen atoms in total. The fourth-order valence-electron chi connectivity index (χ4n) is 3.45. The summed E-state index contributed by atoms with van der Waals surface area (Å²) in [6.07, 6.45) is -0.0932. The van der Waals surface area contributed by atoms with Crippen molar-refractivity contribution in [3.63, 3.8) is 0 Å². The number of fused-ring (bicyclic) bond motifs is 2. The third-order valence-electron chi connectivity index (χ3n) is 4.40. The number of ether oxygens (including phenoxy) is 2. The molecule has 3 aliphatic rings. The number of nitrogens with one attached hydrogen (secondary N) is 2. The van der Waals surface area contributed by atoms with Crippen molar-refractivity contribution in [3.05, 3.63) is 0 Å². The Balaban J connectivity index is 1.66. The molecule has 0 aromatic rings. The van der Waals surface area contributed by atoms with Crippen LogP contribution in [0.1, 0.15) is 20.8 Å². The van der Waals surface area contributed by atoms with Crippen molar-refractivity contribution < 1.29 is 14.3 Å². The lowest BCUT2D eigenvalue weighted by atomic mass is 9.83. The molecule has 0 radical (unpaired) electrons. The lowest BCUT2D eigenvalue weighted by Gasteiger charge is -2.38. The molecule has 0 aromatic heterocycles. The fourth-order valence-corrected chi connectivity index (χ4v) is 3.45. The number of hydrogen-bond acceptors (Lipinski definition) is 5. The molecule has 3 fully saturated rings. The van der Waals surface area contributed by atoms with Gasteiger partial charge in [-0.2, -0.15) is 0 Å². The molecule has 1 spiro atoms. The molecule has 3 heterocycles. The first-order valence-corrected chi connectivity index (χ1v) is 7.45. The molecule has 0 aromatic carbocycles. The van der Waals surface area contributed by atoms with Gasteiger partial charge in [0.2, 0.25) is 0 Å². The van der Waals surface area contributed by atoms with Gasteiger partial charge in [0.25, 0.3) is 0 Å². The van der Waals surface area contributed by atoms with Gasteiger partial charge in [0, 0.05) is 32.1 Å². The molecule has 1 amide bonds. The summed E-state index contributed by atoms with van der Waals surface area (Å²) in [5, 5.41) is 7.04. The monoisotopic (exact) mass is 283 g/mol. The molecule has 114 valence electrons. The summed E-state index contributed by atoms with van der Waals surface area (Å²) in [4.78, 5) is 14.0. The van der Waals surface area contributed by atoms with E-state index in [1.54, 1.807) is 4.90 Å². The summed E-state index contributed by atoms with van der Waals surface area (Å²) in [5.41, 5.74) is -0.461. The number of amides is 1. The Morgan fingerprint density at radius 1 is 1.35 bits per heavy atom. The summed E-state index contributed by atoms with van der Waals surface area (Å²) in [6.45, 7) is 10.6. The zero-order chi connectivity index (χ0) is 14.4. The zero-order valence-electron chi connectivity index (χ0n) is 12.6. The van der Waals surface area contributed by atoms with E-state index >= 15 is 0 Å². The van der Waals surface area contributed by atoms with Crippen LogP contribution >= 0.6 is 0 Å². The lowest BCUT2D eigenvalue weighted by Crippen LogP contribution is -2.64. The highest BCUT2D eigenvalue weighted by atomic mass is 16.6. The number of carbonyl (C=O) groups excluding carboxylic acids is 1. The van der Waals surface area contributed by atoms with Gasteiger partial charge in [-0.3, -0.25) is 0 Å². The molecule has 3 saturated heterocycles. The fraction of sp³-hybridized carbons (Fsp3) is 0.929. The van der Waals surface area contributed by atoms with Gasteiger partial charge in [0.1, 0.15) is 5.60 Å². The largest absolute Gasteiger partial charge is 0.444 e. The van der Waals surface area contributed by atoms with Gasteiger partial charge in [-0.05, 0) is 20.8 Å². The van der Waals surface area contributed by atoms with Gasteiger partial charge in [-0.25, -0.2) is 4.79 Å². The molecule has 2 N–H and O–H groups in total. The zero-order valence-corrected chi connectivity index (χ0v) is 12.6. The molecule has 3 rings (SSSR count). The predicted octanol–water partition coefficient (Wildman–Crippen LogP) is 0.184. The molecule has 6 heteroatoms. The summed E-state index contributed by atoms with van der Waals surface area (Å²) >= 11 is 0. The van der Waals surface area contributed by atoms with Crippen molar-refractivity contribution in [2.75, 3.05) is 39.3 Å². The summed E-state index contributed by atoms with van der Waals surface area (Å²) in [5.74, 6) is 0.350. The Labute approximate surface area is 120 Å². The molecule has 20 heavy (non-hydrogen) atoms. The first-order valence-electron chi connectivity index (χ1n) is 7.45. The van der Waals surface area contributed by atoms with Crippen LogP contribution in [0.4, 0.5) is 4.79 Å². The minimum atomic E-state index is -0.446. The van der Waals surface area contributed by atoms with Gasteiger partial charge < -0.3 is 25.0 Å². The second kappa shape index (κ2) is 4.86. The van der Waals surface area contributed by atoms with E-state index in [9.17, 15) is 4.79 Å². The maximum atomic E-state index is 12.2. The molecular formula is C14H25N3O3. The number of carbonyl (C=O) groups is 1. The van der Waals surface area contributed by atoms with E-state index in [0.717, 1.165) is 26.2 Å². The van der Waals surface area contributed by atoms with Gasteiger partial charge >= 0.3 is 6.09 Å². The minimum absolute atomic E-state index is 0.0142. The third kappa shape index (κ3) is 2.52. The van der Waals surface area contributed by atoms with E-state index < -0.39 is 5.60 Å². The average Bonchev–Trinajstić information content (AvgIpc) is 2.91. The van der Waals surface area contributed by atoms with E-state index in [1.807, 2.05) is 20.8 Å². The van der Waals surface area contributed by atoms with Gasteiger partial charge in [0.05, 0.1) is 24.8 Å². The Bertz CT molecular complexity index is 382. The van der Waals surface area contributed by atoms with Crippen LogP contribution in [-0.4, -0.2) is 67.6 Å². The van der Waals surface area contributed by atoms with E-state index in [-0.39, 0.29) is 17.7 Å². The van der Waals surface area contributed by atoms with Crippen LogP contribution in [0.15, 0.2) is 0 Å². The van der Waals surface area contributed by atoms with Crippen LogP contribution in [-0.2, 0) is 9.47 Å². The van der Waals surface area contributed by atoms with E-state index in [2.05, 4.69) is 10.6 Å². The highest BCUT2D eigenvalue weighted by molar-refractivity contribution is 5.68. The standard InChI is InChI=1S/C14H25N3O3/c1-13(2,3)20-12(18)17-6-10-11(7-17)19-9-14(10)8-15-4-5-16-14/h10-11,15-16H,4-9H2,1-3H3/t10-,11+,14+/m0/s1. The van der Waals surface area contributed by atoms with Crippen LogP contribution in [0.3, 0.4) is 0 Å². The smallest absolute Gasteiger partial charge is 0.410 e. The van der Waals surface area contributed by atoms with Crippen LogP contribution in [0.5, 0.6) is 0 Å². The van der Waals surface area contributed by atoms with Crippen LogP contribution in [0.25, 0.3) is 0 Å². The van der Waals surface area contributed by atoms with Crippen molar-refractivity contribution >= 4 is 6.09 Å². The summed E-state index contributed by atoms with van der Waals surface area (Å²) in [7, 11) is 0. The van der Waals surface area contributed by atoms with E-state index in [0.29, 0.717) is 19.0 Å². The quantitative estimate of drug-likeness (QED) is 0.664. The molecule has 0 aliphatic carbocycles. The molecule has 0 saturated carbocycles. The second-order valence-electron chi connectivity index (χ2n) is 7.10. The minimum Gasteiger partial charge on any atom is -0.444 e. The van der Waals surface area contributed by atoms with E-state index in [1.165, 1.54) is 0 Å². The van der Waals surface area contributed by atoms with Crippen LogP contribution in [0.2, 0.25) is 0 Å². The van der Waals surface area contributed by atoms with Crippen LogP contribution in [0, 0.1) is 5.92 Å². The Morgan fingerprint density at radius 3 is 2.80 bits per heavy atom. The molecule has 3 atom stereocenters. The molecular weight excluding hydrogens is 258 g/mol. The SMILES string of the molecule is CC(C)(C)OC(=O)N1C[C@H]2OC[C@]3(CNCCN3)[C@H]2C1. The van der Waals surface area contributed by atoms with Gasteiger partial charge in [-0.1, -0.05) is 0 Å². The normalized spacial score (nSPS) is 37.2. The topological polar surface area (TPSA) is 62.8 Å². The van der Waals surface area contributed by atoms with Crippen molar-refractivity contribution in [2.24, 2.45) is 5.92 Å². The van der Waals surface area contributed by atoms with Crippen molar-refractivity contribution in [1.29, 1.82) is 0 Å². The highest BCUT2D eigenvalue weighted by Gasteiger charge is 2.55. The first-order chi connectivity index (χ1) is 9.40. The predicted molar refractivity (Wildman–Crippen MR) is 74.6 cm³/mol. The number of nitrogens with zero attached hydrogens (tertiary/aromatic N) is 1. The molecule has 3 aliphatic heterocycles. The van der Waals surface area contributed by atoms with Crippen molar-refractivity contribution in [1.82, 2.24) is 15.5 Å². The average molecular weight is 283 g/mol. The number of rotatable bonds is 0. The van der Waals surface area contributed by atoms with Gasteiger partial charge in [-0.15, -0.1) is 0 Å². The van der Waals surface area contributed by atoms with Crippen molar-refractivity contribution in [3.8, 4) is 0 Å². The Hall–Kier alpha value is -0.850.